The van der Waals surface area contributed by atoms with Crippen LogP contribution in [0.2, 0.25) is 0 Å². The molecule has 16 heavy (non-hydrogen) atoms. The standard InChI is InChI=1S/C14H20N2/c1-8(2)11-6-10(5)13-12(7-11)15-14(16-13)9(3)4/h6-9H,1-5H3,(H,15,16). The van der Waals surface area contributed by atoms with Gasteiger partial charge in [-0.15, -0.1) is 0 Å². The molecule has 0 radical (unpaired) electrons. The molecule has 0 aliphatic rings. The number of nitrogens with one attached hydrogen (secondary N) is 1. The molecule has 2 rings (SSSR count). The number of aromatic nitrogens is 2. The summed E-state index contributed by atoms with van der Waals surface area (Å²) in [5, 5.41) is 0. The Morgan fingerprint density at radius 2 is 1.75 bits per heavy atom. The largest absolute Gasteiger partial charge is 0.342 e. The van der Waals surface area contributed by atoms with Crippen LogP contribution in [0.5, 0.6) is 0 Å². The van der Waals surface area contributed by atoms with E-state index in [1.165, 1.54) is 16.6 Å². The Kier molecular flexibility index (Phi) is 2.75. The number of rotatable bonds is 2. The van der Waals surface area contributed by atoms with Crippen molar-refractivity contribution in [3.05, 3.63) is 29.1 Å². The maximum atomic E-state index is 4.66. The Labute approximate surface area is 97.1 Å². The van der Waals surface area contributed by atoms with Crippen LogP contribution in [0, 0.1) is 6.92 Å². The summed E-state index contributed by atoms with van der Waals surface area (Å²) in [5.74, 6) is 2.10. The molecule has 1 aromatic carbocycles. The quantitative estimate of drug-likeness (QED) is 0.803. The van der Waals surface area contributed by atoms with E-state index in [1.54, 1.807) is 0 Å². The fourth-order valence-electron chi connectivity index (χ4n) is 1.94. The highest BCUT2D eigenvalue weighted by molar-refractivity contribution is 5.79. The monoisotopic (exact) mass is 216 g/mol. The Morgan fingerprint density at radius 1 is 1.06 bits per heavy atom. The van der Waals surface area contributed by atoms with Crippen LogP contribution < -0.4 is 0 Å². The molecular weight excluding hydrogens is 196 g/mol. The summed E-state index contributed by atoms with van der Waals surface area (Å²) in [6.45, 7) is 10.9. The first-order chi connectivity index (χ1) is 7.49. The van der Waals surface area contributed by atoms with E-state index in [0.29, 0.717) is 11.8 Å². The topological polar surface area (TPSA) is 28.7 Å². The molecule has 1 heterocycles. The smallest absolute Gasteiger partial charge is 0.109 e. The molecule has 0 saturated heterocycles. The minimum atomic E-state index is 0.453. The normalized spacial score (nSPS) is 11.9. The van der Waals surface area contributed by atoms with E-state index >= 15 is 0 Å². The second kappa shape index (κ2) is 3.93. The van der Waals surface area contributed by atoms with Gasteiger partial charge in [0.05, 0.1) is 11.0 Å². The van der Waals surface area contributed by atoms with Crippen molar-refractivity contribution >= 4 is 11.0 Å². The summed E-state index contributed by atoms with van der Waals surface area (Å²) < 4.78 is 0. The van der Waals surface area contributed by atoms with Gasteiger partial charge in [0.2, 0.25) is 0 Å². The van der Waals surface area contributed by atoms with Gasteiger partial charge in [0.1, 0.15) is 5.82 Å². The highest BCUT2D eigenvalue weighted by Crippen LogP contribution is 2.25. The number of nitrogens with zero attached hydrogens (tertiary/aromatic N) is 1. The van der Waals surface area contributed by atoms with Gasteiger partial charge in [0.25, 0.3) is 0 Å². The molecule has 1 aromatic heterocycles. The zero-order valence-electron chi connectivity index (χ0n) is 10.8. The highest BCUT2D eigenvalue weighted by atomic mass is 14.9. The van der Waals surface area contributed by atoms with Gasteiger partial charge in [-0.3, -0.25) is 0 Å². The third kappa shape index (κ3) is 1.84. The van der Waals surface area contributed by atoms with Crippen molar-refractivity contribution in [2.75, 3.05) is 0 Å². The zero-order chi connectivity index (χ0) is 11.9. The van der Waals surface area contributed by atoms with Gasteiger partial charge in [-0.1, -0.05) is 33.8 Å². The molecule has 0 saturated carbocycles. The first-order valence-electron chi connectivity index (χ1n) is 5.99. The minimum absolute atomic E-state index is 0.453. The number of benzene rings is 1. The van der Waals surface area contributed by atoms with E-state index in [2.05, 4.69) is 56.7 Å². The van der Waals surface area contributed by atoms with Crippen LogP contribution in [-0.4, -0.2) is 9.97 Å². The molecule has 1 N–H and O–H groups in total. The summed E-state index contributed by atoms with van der Waals surface area (Å²) in [6, 6.07) is 4.48. The predicted octanol–water partition coefficient (Wildman–Crippen LogP) is 4.12. The number of H-pyrrole nitrogens is 1. The summed E-state index contributed by atoms with van der Waals surface area (Å²) in [6.07, 6.45) is 0. The van der Waals surface area contributed by atoms with Crippen LogP contribution in [0.25, 0.3) is 11.0 Å². The second-order valence-corrected chi connectivity index (χ2v) is 5.17. The molecule has 0 spiro atoms. The summed E-state index contributed by atoms with van der Waals surface area (Å²) in [7, 11) is 0. The number of imidazole rings is 1. The van der Waals surface area contributed by atoms with Crippen molar-refractivity contribution in [3.63, 3.8) is 0 Å². The first kappa shape index (κ1) is 11.2. The van der Waals surface area contributed by atoms with Crippen LogP contribution in [0.15, 0.2) is 12.1 Å². The average Bonchev–Trinajstić information content (AvgIpc) is 2.61. The fraction of sp³-hybridized carbons (Fsp3) is 0.500. The van der Waals surface area contributed by atoms with Crippen LogP contribution in [-0.2, 0) is 0 Å². The summed E-state index contributed by atoms with van der Waals surface area (Å²) in [5.41, 5.74) is 4.94. The first-order valence-corrected chi connectivity index (χ1v) is 5.99. The predicted molar refractivity (Wildman–Crippen MR) is 69.0 cm³/mol. The van der Waals surface area contributed by atoms with Crippen LogP contribution in [0.4, 0.5) is 0 Å². The number of aromatic amines is 1. The molecule has 2 heteroatoms. The Bertz CT molecular complexity index is 507. The maximum Gasteiger partial charge on any atom is 0.109 e. The Balaban J connectivity index is 2.63. The lowest BCUT2D eigenvalue weighted by Gasteiger charge is -2.06. The molecule has 0 fully saturated rings. The van der Waals surface area contributed by atoms with Crippen LogP contribution in [0.1, 0.15) is 56.5 Å². The molecule has 2 nitrogen and oxygen atoms in total. The van der Waals surface area contributed by atoms with Crippen molar-refractivity contribution in [3.8, 4) is 0 Å². The molecule has 0 unspecified atom stereocenters. The third-order valence-corrected chi connectivity index (χ3v) is 3.03. The molecule has 0 atom stereocenters. The maximum absolute atomic E-state index is 4.66. The van der Waals surface area contributed by atoms with Gasteiger partial charge in [-0.05, 0) is 30.0 Å². The lowest BCUT2D eigenvalue weighted by Crippen LogP contribution is -1.89. The van der Waals surface area contributed by atoms with E-state index < -0.39 is 0 Å². The van der Waals surface area contributed by atoms with E-state index in [-0.39, 0.29) is 0 Å². The van der Waals surface area contributed by atoms with Crippen molar-refractivity contribution < 1.29 is 0 Å². The highest BCUT2D eigenvalue weighted by Gasteiger charge is 2.10. The number of hydrogen-bond acceptors (Lipinski definition) is 1. The molecule has 0 amide bonds. The van der Waals surface area contributed by atoms with Gasteiger partial charge in [-0.25, -0.2) is 4.98 Å². The average molecular weight is 216 g/mol. The number of hydrogen-bond donors (Lipinski definition) is 1. The Morgan fingerprint density at radius 3 is 2.31 bits per heavy atom. The molecule has 86 valence electrons. The third-order valence-electron chi connectivity index (χ3n) is 3.03. The van der Waals surface area contributed by atoms with Crippen molar-refractivity contribution in [1.29, 1.82) is 0 Å². The molecule has 0 aliphatic carbocycles. The molecule has 2 aromatic rings. The van der Waals surface area contributed by atoms with E-state index in [9.17, 15) is 0 Å². The van der Waals surface area contributed by atoms with E-state index in [1.807, 2.05) is 0 Å². The molecule has 0 bridgehead atoms. The summed E-state index contributed by atoms with van der Waals surface area (Å²) in [4.78, 5) is 8.08. The Hall–Kier alpha value is -1.31. The van der Waals surface area contributed by atoms with Crippen molar-refractivity contribution in [2.45, 2.75) is 46.5 Å². The number of aryl methyl sites for hydroxylation is 1. The van der Waals surface area contributed by atoms with Crippen LogP contribution in [0.3, 0.4) is 0 Å². The van der Waals surface area contributed by atoms with Gasteiger partial charge >= 0.3 is 0 Å². The summed E-state index contributed by atoms with van der Waals surface area (Å²) >= 11 is 0. The fourth-order valence-corrected chi connectivity index (χ4v) is 1.94. The van der Waals surface area contributed by atoms with Crippen LogP contribution >= 0.6 is 0 Å². The zero-order valence-corrected chi connectivity index (χ0v) is 10.8. The van der Waals surface area contributed by atoms with Gasteiger partial charge in [0.15, 0.2) is 0 Å². The number of fused-ring (bicyclic) bond motifs is 1. The van der Waals surface area contributed by atoms with Gasteiger partial charge in [0, 0.05) is 5.92 Å². The van der Waals surface area contributed by atoms with E-state index in [0.717, 1.165) is 11.3 Å². The minimum Gasteiger partial charge on any atom is -0.342 e. The van der Waals surface area contributed by atoms with E-state index in [4.69, 9.17) is 0 Å². The second-order valence-electron chi connectivity index (χ2n) is 5.17. The van der Waals surface area contributed by atoms with Crippen molar-refractivity contribution in [2.24, 2.45) is 0 Å². The lowest BCUT2D eigenvalue weighted by atomic mass is 10.0. The lowest BCUT2D eigenvalue weighted by molar-refractivity contribution is 0.799. The van der Waals surface area contributed by atoms with Gasteiger partial charge < -0.3 is 4.98 Å². The van der Waals surface area contributed by atoms with Gasteiger partial charge in [-0.2, -0.15) is 0 Å². The molecule has 0 aliphatic heterocycles. The molecular formula is C14H20N2. The van der Waals surface area contributed by atoms with Crippen molar-refractivity contribution in [1.82, 2.24) is 9.97 Å². The SMILES string of the molecule is Cc1cc(C(C)C)cc2[nH]c(C(C)C)nc12.